The zero-order chi connectivity index (χ0) is 72.4. The monoisotopic (exact) mass is 1410 g/mol. The number of benzene rings is 4. The number of guanidine groups is 2. The predicted octanol–water partition coefficient (Wildman–Crippen LogP) is -8.98. The van der Waals surface area contributed by atoms with Crippen LogP contribution in [0.4, 0.5) is 0 Å². The number of rotatable bonds is 30. The average molecular weight is 1410 g/mol. The van der Waals surface area contributed by atoms with E-state index < -0.39 is 221 Å². The molecule has 0 aliphatic carbocycles. The fourth-order valence-corrected chi connectivity index (χ4v) is 12.4. The molecule has 5 heterocycles. The summed E-state index contributed by atoms with van der Waals surface area (Å²) in [6, 6.07) is 12.8. The van der Waals surface area contributed by atoms with Gasteiger partial charge in [-0.1, -0.05) is 67.6 Å². The Morgan fingerprint density at radius 3 is 1.92 bits per heavy atom. The molecule has 0 bridgehead atoms. The van der Waals surface area contributed by atoms with Crippen molar-refractivity contribution in [2.75, 3.05) is 46.6 Å². The van der Waals surface area contributed by atoms with Gasteiger partial charge in [-0.05, 0) is 57.8 Å². The number of ether oxygens (including phenoxy) is 7. The summed E-state index contributed by atoms with van der Waals surface area (Å²) in [6.45, 7) is -2.74. The first-order chi connectivity index (χ1) is 47.8. The molecule has 4 amide bonds. The highest BCUT2D eigenvalue weighted by Gasteiger charge is 2.55. The molecule has 25 atom stereocenters. The molecule has 9 rings (SSSR count). The molecule has 1 radical (unpaired) electrons. The van der Waals surface area contributed by atoms with Crippen LogP contribution < -0.4 is 52.4 Å². The van der Waals surface area contributed by atoms with Gasteiger partial charge in [0.25, 0.3) is 0 Å². The summed E-state index contributed by atoms with van der Waals surface area (Å²) in [6.07, 6.45) is -29.3. The molecule has 24 N–H and O–H groups in total. The normalized spacial score (nSPS) is 30.8. The van der Waals surface area contributed by atoms with E-state index in [0.717, 1.165) is 15.7 Å². The molecule has 0 aromatic heterocycles. The van der Waals surface area contributed by atoms with Gasteiger partial charge in [0.05, 0.1) is 58.3 Å². The topological polar surface area (TPSA) is 574 Å². The molecular weight excluding hydrogens is 1320 g/mol. The minimum absolute atomic E-state index is 0.0431. The predicted molar refractivity (Wildman–Crippen MR) is 343 cm³/mol. The largest absolute Gasteiger partial charge is 0.497 e. The maximum Gasteiger partial charge on any atom is 0.246 e. The highest BCUT2D eigenvalue weighted by Crippen LogP contribution is 2.34. The lowest BCUT2D eigenvalue weighted by Crippen LogP contribution is -2.69. The molecule has 4 aromatic carbocycles. The van der Waals surface area contributed by atoms with Crippen molar-refractivity contribution < 1.29 is 124 Å². The lowest BCUT2D eigenvalue weighted by molar-refractivity contribution is -0.355. The summed E-state index contributed by atoms with van der Waals surface area (Å²) in [7, 11) is 1.55. The van der Waals surface area contributed by atoms with Crippen molar-refractivity contribution in [3.8, 4) is 11.5 Å². The van der Waals surface area contributed by atoms with Crippen LogP contribution >= 0.6 is 0 Å². The van der Waals surface area contributed by atoms with Crippen molar-refractivity contribution in [3.05, 3.63) is 108 Å². The van der Waals surface area contributed by atoms with Crippen molar-refractivity contribution in [2.24, 2.45) is 5.73 Å². The zero-order valence-corrected chi connectivity index (χ0v) is 54.0. The van der Waals surface area contributed by atoms with Gasteiger partial charge in [-0.15, -0.1) is 0 Å². The summed E-state index contributed by atoms with van der Waals surface area (Å²) < 4.78 is 40.5. The molecule has 0 saturated carbocycles. The highest BCUT2D eigenvalue weighted by atomic mass is 16.7. The van der Waals surface area contributed by atoms with Crippen LogP contribution in [-0.2, 0) is 60.7 Å². The molecule has 547 valence electrons. The van der Waals surface area contributed by atoms with Gasteiger partial charge >= 0.3 is 0 Å². The molecule has 36 heteroatoms. The Labute approximate surface area is 571 Å². The smallest absolute Gasteiger partial charge is 0.246 e. The van der Waals surface area contributed by atoms with Crippen molar-refractivity contribution in [1.29, 1.82) is 10.8 Å². The number of carbonyl (C=O) groups excluding carboxylic acids is 5. The van der Waals surface area contributed by atoms with Gasteiger partial charge in [0.1, 0.15) is 121 Å². The lowest BCUT2D eigenvalue weighted by atomic mass is 9.93. The van der Waals surface area contributed by atoms with Crippen LogP contribution in [0.2, 0.25) is 0 Å². The molecule has 5 fully saturated rings. The van der Waals surface area contributed by atoms with Crippen LogP contribution in [0.5, 0.6) is 11.5 Å². The second kappa shape index (κ2) is 34.2. The lowest BCUT2D eigenvalue weighted by Gasteiger charge is -2.46. The van der Waals surface area contributed by atoms with Crippen molar-refractivity contribution in [2.45, 2.75) is 172 Å². The summed E-state index contributed by atoms with van der Waals surface area (Å²) in [5.74, 6) is -5.88. The van der Waals surface area contributed by atoms with E-state index in [0.29, 0.717) is 16.9 Å². The van der Waals surface area contributed by atoms with Gasteiger partial charge in [-0.2, -0.15) is 0 Å². The van der Waals surface area contributed by atoms with Gasteiger partial charge in [-0.3, -0.25) is 34.8 Å². The van der Waals surface area contributed by atoms with Crippen LogP contribution in [0.1, 0.15) is 29.5 Å². The van der Waals surface area contributed by atoms with Crippen molar-refractivity contribution in [1.82, 2.24) is 42.1 Å². The summed E-state index contributed by atoms with van der Waals surface area (Å²) in [4.78, 5) is 71.0. The second-order valence-corrected chi connectivity index (χ2v) is 24.8. The molecule has 0 spiro atoms. The average Bonchev–Trinajstić information content (AvgIpc) is 1.47. The summed E-state index contributed by atoms with van der Waals surface area (Å²) >= 11 is 0. The van der Waals surface area contributed by atoms with E-state index in [4.69, 9.17) is 49.7 Å². The van der Waals surface area contributed by atoms with Crippen molar-refractivity contribution in [3.63, 3.8) is 0 Å². The Bertz CT molecular complexity index is 3440. The maximum absolute atomic E-state index is 15.0. The third-order valence-corrected chi connectivity index (χ3v) is 18.3. The van der Waals surface area contributed by atoms with Gasteiger partial charge in [0, 0.05) is 25.4 Å². The summed E-state index contributed by atoms with van der Waals surface area (Å²) in [5, 5.41) is 178. The fraction of sp³-hybridized carbons (Fsp3) is 0.547. The molecule has 36 nitrogen and oxygen atoms in total. The second-order valence-electron chi connectivity index (χ2n) is 24.8. The quantitative estimate of drug-likeness (QED) is 0.0230. The van der Waals surface area contributed by atoms with E-state index in [1.807, 2.05) is 24.3 Å². The standard InChI is InChI=1S/C64H86N11O25/c1-27(30-6-4-3-5-7-30)42(65)57(91)71-36(56(90)73-43(45(81)37-19-68-63(66)72-37)59(93)74-44(58(92)70-33(21-76)22-77)46(82)38-20-69-64(67)75(38)60-51(87)49(85)47(83)39(23-78)97-60)17-28-9-13-34(14-10-28)96-61-52(88)50(86)54(41(25-80)99-61)100-62-53(89)55(48(84)40(24-79)98-62)95-26-29-8-11-32-18-35(94-2)15-12-31(32)16-29/h3-16,18,27,33,36-55,60-62,76,78-89H,17,19-21,23-26,65H2,1-2H3,(H2,67,69)(H,70,92)(H,71,91)(H,73,90)(H,74,93)(H3,66,68,72). The number of methoxy groups -OCH3 is 1. The Morgan fingerprint density at radius 2 is 1.27 bits per heavy atom. The first-order valence-corrected chi connectivity index (χ1v) is 32.0. The molecule has 100 heavy (non-hydrogen) atoms. The molecule has 4 aromatic rings. The van der Waals surface area contributed by atoms with Crippen molar-refractivity contribution >= 4 is 52.6 Å². The molecule has 5 aliphatic rings. The van der Waals surface area contributed by atoms with Gasteiger partial charge in [0.2, 0.25) is 36.2 Å². The molecular formula is C64H86N11O25. The maximum atomic E-state index is 15.0. The molecule has 5 aliphatic heterocycles. The number of aliphatic hydroxyl groups is 13. The van der Waals surface area contributed by atoms with E-state index in [1.165, 1.54) is 30.6 Å². The van der Waals surface area contributed by atoms with Crippen LogP contribution in [0.25, 0.3) is 10.8 Å². The van der Waals surface area contributed by atoms with Crippen LogP contribution in [0.3, 0.4) is 0 Å². The van der Waals surface area contributed by atoms with Gasteiger partial charge < -0.3 is 147 Å². The number of amides is 4. The minimum atomic E-state index is -2.30. The summed E-state index contributed by atoms with van der Waals surface area (Å²) in [5.41, 5.74) is 8.08. The number of nitrogens with one attached hydrogen (secondary N) is 9. The van der Waals surface area contributed by atoms with E-state index in [-0.39, 0.29) is 30.4 Å². The van der Waals surface area contributed by atoms with Crippen LogP contribution in [0, 0.1) is 10.8 Å². The van der Waals surface area contributed by atoms with E-state index in [1.54, 1.807) is 56.5 Å². The number of fused-ring (bicyclic) bond motifs is 1. The third kappa shape index (κ3) is 17.3. The minimum Gasteiger partial charge on any atom is -0.497 e. The van der Waals surface area contributed by atoms with E-state index in [2.05, 4.69) is 37.2 Å². The van der Waals surface area contributed by atoms with Gasteiger partial charge in [-0.25, -0.2) is 0 Å². The fourth-order valence-electron chi connectivity index (χ4n) is 12.4. The first kappa shape index (κ1) is 76.3. The Balaban J connectivity index is 0.928. The van der Waals surface area contributed by atoms with Crippen LogP contribution in [0.15, 0.2) is 91.0 Å². The Morgan fingerprint density at radius 1 is 0.650 bits per heavy atom. The number of hydrogen-bond donors (Lipinski definition) is 23. The highest BCUT2D eigenvalue weighted by molar-refractivity contribution is 5.96. The zero-order valence-electron chi connectivity index (χ0n) is 54.0. The number of aliphatic hydroxyl groups excluding tert-OH is 13. The van der Waals surface area contributed by atoms with Crippen LogP contribution in [-0.4, -0.2) is 306 Å². The number of carbonyl (C=O) groups is 4. The number of hydrogen-bond acceptors (Lipinski definition) is 28. The number of nitrogens with two attached hydrogens (primary N) is 1. The van der Waals surface area contributed by atoms with E-state index >= 15 is 0 Å². The van der Waals surface area contributed by atoms with E-state index in [9.17, 15) is 90.4 Å². The SMILES string of the molecule is COc1ccc2cc(COC3C(O)C(CO)OC(OC4C(CO)OC(Oc5ccc(CC(NC(=O)C(N)C(C)c6ccccc6)C(=O)NC(C(=O)NC(C(=O)NC([C]=O)CO)C(O)C6CNC(=N)N6C6OC(CO)C(O)C(O)C6O)C(O)C6CNC(=N)N6)cc5)C(O)C4O)C3O)ccc2c1. The van der Waals surface area contributed by atoms with Gasteiger partial charge in [0.15, 0.2) is 24.4 Å². The third-order valence-electron chi connectivity index (χ3n) is 18.3. The molecule has 5 saturated heterocycles. The number of nitrogens with zero attached hydrogens (tertiary/aromatic N) is 1. The first-order valence-electron chi connectivity index (χ1n) is 32.0. The Kier molecular flexibility index (Phi) is 26.0. The Hall–Kier alpha value is -7.93. The molecule has 25 unspecified atom stereocenters.